The minimum Gasteiger partial charge on any atom is -0.482 e. The summed E-state index contributed by atoms with van der Waals surface area (Å²) in [6.07, 6.45) is 3.04. The second-order valence-electron chi connectivity index (χ2n) is 6.80. The van der Waals surface area contributed by atoms with Gasteiger partial charge in [0.05, 0.1) is 17.9 Å². The quantitative estimate of drug-likeness (QED) is 0.611. The first-order valence-electron chi connectivity index (χ1n) is 9.32. The molecule has 0 saturated heterocycles. The monoisotopic (exact) mass is 422 g/mol. The van der Waals surface area contributed by atoms with Crippen molar-refractivity contribution < 1.29 is 14.3 Å². The predicted octanol–water partition coefficient (Wildman–Crippen LogP) is 3.88. The second-order valence-corrected chi connectivity index (χ2v) is 7.16. The number of nitrogens with zero attached hydrogens (tertiary/aromatic N) is 2. The van der Waals surface area contributed by atoms with E-state index in [1.54, 1.807) is 29.0 Å². The van der Waals surface area contributed by atoms with Gasteiger partial charge in [0.2, 0.25) is 5.91 Å². The number of aromatic nitrogens is 2. The molecular weight excluding hydrogens is 404 g/mol. The molecular formula is C22H19ClN4O3. The maximum atomic E-state index is 12.4. The Kier molecular flexibility index (Phi) is 5.54. The largest absolute Gasteiger partial charge is 0.482 e. The van der Waals surface area contributed by atoms with Crippen molar-refractivity contribution in [1.29, 1.82) is 0 Å². The van der Waals surface area contributed by atoms with Crippen molar-refractivity contribution in [2.45, 2.75) is 13.5 Å². The van der Waals surface area contributed by atoms with E-state index >= 15 is 0 Å². The molecule has 0 saturated carbocycles. The third-order valence-corrected chi connectivity index (χ3v) is 4.96. The Morgan fingerprint density at radius 3 is 2.90 bits per heavy atom. The Hall–Kier alpha value is -3.58. The highest BCUT2D eigenvalue weighted by atomic mass is 35.5. The summed E-state index contributed by atoms with van der Waals surface area (Å²) in [4.78, 5) is 23.8. The van der Waals surface area contributed by atoms with E-state index in [0.717, 1.165) is 11.3 Å². The maximum absolute atomic E-state index is 12.4. The zero-order valence-corrected chi connectivity index (χ0v) is 16.9. The van der Waals surface area contributed by atoms with Crippen LogP contribution in [0.1, 0.15) is 16.8 Å². The molecule has 3 aromatic rings. The summed E-state index contributed by atoms with van der Waals surface area (Å²) < 4.78 is 7.01. The van der Waals surface area contributed by atoms with E-state index in [1.165, 1.54) is 6.08 Å². The Morgan fingerprint density at radius 1 is 1.30 bits per heavy atom. The molecule has 2 N–H and O–H groups in total. The van der Waals surface area contributed by atoms with Crippen LogP contribution in [0.2, 0.25) is 5.15 Å². The molecule has 4 rings (SSSR count). The lowest BCUT2D eigenvalue weighted by molar-refractivity contribution is -0.118. The van der Waals surface area contributed by atoms with E-state index in [2.05, 4.69) is 15.7 Å². The van der Waals surface area contributed by atoms with Crippen LogP contribution in [0.15, 0.2) is 54.6 Å². The van der Waals surface area contributed by atoms with Gasteiger partial charge >= 0.3 is 0 Å². The summed E-state index contributed by atoms with van der Waals surface area (Å²) in [5, 5.41) is 10.4. The number of aryl methyl sites for hydroxylation is 1. The molecule has 0 fully saturated rings. The van der Waals surface area contributed by atoms with Crippen molar-refractivity contribution in [2.75, 3.05) is 17.2 Å². The van der Waals surface area contributed by atoms with Gasteiger partial charge in [0.1, 0.15) is 10.9 Å². The third kappa shape index (κ3) is 4.36. The van der Waals surface area contributed by atoms with Crippen LogP contribution >= 0.6 is 11.6 Å². The van der Waals surface area contributed by atoms with Gasteiger partial charge in [-0.3, -0.25) is 9.59 Å². The molecule has 0 atom stereocenters. The van der Waals surface area contributed by atoms with Crippen molar-refractivity contribution in [2.24, 2.45) is 0 Å². The summed E-state index contributed by atoms with van der Waals surface area (Å²) in [6.45, 7) is 2.38. The van der Waals surface area contributed by atoms with Crippen LogP contribution in [0.3, 0.4) is 0 Å². The topological polar surface area (TPSA) is 85.3 Å². The zero-order chi connectivity index (χ0) is 21.1. The summed E-state index contributed by atoms with van der Waals surface area (Å²) in [5.41, 5.74) is 3.56. The summed E-state index contributed by atoms with van der Waals surface area (Å²) in [7, 11) is 0. The number of anilines is 2. The maximum Gasteiger partial charge on any atom is 0.262 e. The number of ether oxygens (including phenoxy) is 1. The van der Waals surface area contributed by atoms with E-state index in [4.69, 9.17) is 16.3 Å². The second kappa shape index (κ2) is 8.42. The molecule has 1 aliphatic heterocycles. The smallest absolute Gasteiger partial charge is 0.262 e. The predicted molar refractivity (Wildman–Crippen MR) is 116 cm³/mol. The van der Waals surface area contributed by atoms with Crippen LogP contribution in [0, 0.1) is 6.92 Å². The van der Waals surface area contributed by atoms with Crippen LogP contribution in [0.5, 0.6) is 5.75 Å². The van der Waals surface area contributed by atoms with E-state index in [1.807, 2.05) is 37.3 Å². The number of carbonyl (C=O) groups excluding carboxylic acids is 2. The minimum atomic E-state index is -0.329. The SMILES string of the molecule is Cc1nn(Cc2ccccc2)c(Cl)c1/C=C/C(=O)Nc1ccc2c(c1)NC(=O)CO2. The van der Waals surface area contributed by atoms with Crippen LogP contribution in [-0.4, -0.2) is 28.2 Å². The van der Waals surface area contributed by atoms with Crippen LogP contribution in [0.4, 0.5) is 11.4 Å². The fourth-order valence-electron chi connectivity index (χ4n) is 3.12. The molecule has 2 heterocycles. The van der Waals surface area contributed by atoms with Gasteiger partial charge in [0.15, 0.2) is 6.61 Å². The van der Waals surface area contributed by atoms with Crippen molar-refractivity contribution >= 4 is 40.9 Å². The average Bonchev–Trinajstić information content (AvgIpc) is 2.99. The normalized spacial score (nSPS) is 12.9. The van der Waals surface area contributed by atoms with Crippen molar-refractivity contribution in [3.63, 3.8) is 0 Å². The molecule has 0 bridgehead atoms. The number of nitrogens with one attached hydrogen (secondary N) is 2. The van der Waals surface area contributed by atoms with E-state index in [-0.39, 0.29) is 18.4 Å². The zero-order valence-electron chi connectivity index (χ0n) is 16.2. The van der Waals surface area contributed by atoms with Crippen LogP contribution < -0.4 is 15.4 Å². The third-order valence-electron chi connectivity index (χ3n) is 4.57. The lowest BCUT2D eigenvalue weighted by Crippen LogP contribution is -2.25. The highest BCUT2D eigenvalue weighted by Crippen LogP contribution is 2.30. The van der Waals surface area contributed by atoms with Gasteiger partial charge in [-0.1, -0.05) is 41.9 Å². The molecule has 30 heavy (non-hydrogen) atoms. The first kappa shape index (κ1) is 19.7. The Bertz CT molecular complexity index is 1140. The fourth-order valence-corrected chi connectivity index (χ4v) is 3.42. The first-order valence-corrected chi connectivity index (χ1v) is 9.70. The summed E-state index contributed by atoms with van der Waals surface area (Å²) in [5.74, 6) is 0.00385. The van der Waals surface area contributed by atoms with E-state index in [9.17, 15) is 9.59 Å². The standard InChI is InChI=1S/C22H19ClN4O3/c1-14-17(22(23)27(26-14)12-15-5-3-2-4-6-15)8-10-20(28)24-16-7-9-19-18(11-16)25-21(29)13-30-19/h2-11H,12-13H2,1H3,(H,24,28)(H,25,29)/b10-8+. The van der Waals surface area contributed by atoms with Crippen molar-refractivity contribution in [1.82, 2.24) is 9.78 Å². The fraction of sp³-hybridized carbons (Fsp3) is 0.136. The molecule has 0 spiro atoms. The molecule has 0 radical (unpaired) electrons. The molecule has 152 valence electrons. The van der Waals surface area contributed by atoms with Crippen molar-refractivity contribution in [3.05, 3.63) is 76.6 Å². The number of fused-ring (bicyclic) bond motifs is 1. The molecule has 0 unspecified atom stereocenters. The number of hydrogen-bond donors (Lipinski definition) is 2. The number of carbonyl (C=O) groups is 2. The highest BCUT2D eigenvalue weighted by molar-refractivity contribution is 6.31. The molecule has 8 heteroatoms. The Morgan fingerprint density at radius 2 is 2.10 bits per heavy atom. The van der Waals surface area contributed by atoms with Gasteiger partial charge in [-0.2, -0.15) is 5.10 Å². The van der Waals surface area contributed by atoms with Crippen LogP contribution in [-0.2, 0) is 16.1 Å². The molecule has 1 aliphatic rings. The minimum absolute atomic E-state index is 0.0144. The first-order chi connectivity index (χ1) is 14.5. The Labute approximate surface area is 178 Å². The number of amides is 2. The number of hydrogen-bond acceptors (Lipinski definition) is 4. The van der Waals surface area contributed by atoms with Gasteiger partial charge in [0.25, 0.3) is 5.91 Å². The number of benzene rings is 2. The number of rotatable bonds is 5. The van der Waals surface area contributed by atoms with E-state index < -0.39 is 0 Å². The van der Waals surface area contributed by atoms with Gasteiger partial charge in [-0.15, -0.1) is 0 Å². The van der Waals surface area contributed by atoms with Gasteiger partial charge in [-0.05, 0) is 36.8 Å². The molecule has 0 aliphatic carbocycles. The highest BCUT2D eigenvalue weighted by Gasteiger charge is 2.16. The van der Waals surface area contributed by atoms with Crippen molar-refractivity contribution in [3.8, 4) is 5.75 Å². The lowest BCUT2D eigenvalue weighted by atomic mass is 10.2. The average molecular weight is 423 g/mol. The van der Waals surface area contributed by atoms with Crippen LogP contribution in [0.25, 0.3) is 6.08 Å². The molecule has 1 aromatic heterocycles. The summed E-state index contributed by atoms with van der Waals surface area (Å²) >= 11 is 6.48. The Balaban J connectivity index is 1.45. The van der Waals surface area contributed by atoms with Gasteiger partial charge in [0, 0.05) is 17.3 Å². The summed E-state index contributed by atoms with van der Waals surface area (Å²) in [6, 6.07) is 14.9. The van der Waals surface area contributed by atoms with E-state index in [0.29, 0.717) is 34.4 Å². The lowest BCUT2D eigenvalue weighted by Gasteiger charge is -2.18. The number of halogens is 1. The van der Waals surface area contributed by atoms with Gasteiger partial charge in [-0.25, -0.2) is 4.68 Å². The molecule has 2 aromatic carbocycles. The molecule has 2 amide bonds. The molecule has 7 nitrogen and oxygen atoms in total. The van der Waals surface area contributed by atoms with Gasteiger partial charge < -0.3 is 15.4 Å².